The van der Waals surface area contributed by atoms with Gasteiger partial charge in [-0.25, -0.2) is 0 Å². The lowest BCUT2D eigenvalue weighted by Gasteiger charge is -2.19. The van der Waals surface area contributed by atoms with Crippen LogP contribution in [0.15, 0.2) is 24.5 Å². The van der Waals surface area contributed by atoms with E-state index in [1.807, 2.05) is 38.1 Å². The fourth-order valence-electron chi connectivity index (χ4n) is 2.09. The van der Waals surface area contributed by atoms with Gasteiger partial charge in [0.2, 0.25) is 0 Å². The van der Waals surface area contributed by atoms with Gasteiger partial charge in [0.1, 0.15) is 5.82 Å². The van der Waals surface area contributed by atoms with Crippen LogP contribution in [0.4, 0.5) is 5.82 Å². The zero-order chi connectivity index (χ0) is 13.1. The minimum absolute atomic E-state index is 0.647. The Morgan fingerprint density at radius 2 is 2.06 bits per heavy atom. The van der Waals surface area contributed by atoms with Crippen molar-refractivity contribution in [1.82, 2.24) is 14.8 Å². The molecule has 0 saturated carbocycles. The van der Waals surface area contributed by atoms with Crippen molar-refractivity contribution in [2.75, 3.05) is 11.9 Å². The number of carbonyl (C=O) groups is 1. The van der Waals surface area contributed by atoms with Crippen LogP contribution >= 0.6 is 0 Å². The minimum atomic E-state index is 0.647. The van der Waals surface area contributed by atoms with Crippen LogP contribution in [0.25, 0.3) is 0 Å². The van der Waals surface area contributed by atoms with E-state index in [0.717, 1.165) is 23.4 Å². The minimum Gasteiger partial charge on any atom is -0.355 e. The van der Waals surface area contributed by atoms with Crippen molar-refractivity contribution in [2.45, 2.75) is 13.5 Å². The highest BCUT2D eigenvalue weighted by Gasteiger charge is 2.16. The zero-order valence-corrected chi connectivity index (χ0v) is 10.8. The number of anilines is 1. The van der Waals surface area contributed by atoms with E-state index in [0.29, 0.717) is 12.1 Å². The Morgan fingerprint density at radius 1 is 1.39 bits per heavy atom. The summed E-state index contributed by atoms with van der Waals surface area (Å²) in [5, 5.41) is 4.28. The predicted molar refractivity (Wildman–Crippen MR) is 69.7 cm³/mol. The van der Waals surface area contributed by atoms with E-state index in [1.54, 1.807) is 17.1 Å². The molecule has 2 rings (SSSR count). The van der Waals surface area contributed by atoms with Gasteiger partial charge in [0.25, 0.3) is 0 Å². The summed E-state index contributed by atoms with van der Waals surface area (Å²) in [5.41, 5.74) is 2.54. The molecule has 0 aliphatic carbocycles. The molecule has 0 aliphatic rings. The maximum atomic E-state index is 11.1. The lowest BCUT2D eigenvalue weighted by atomic mass is 10.2. The van der Waals surface area contributed by atoms with Crippen LogP contribution in [0, 0.1) is 6.92 Å². The van der Waals surface area contributed by atoms with Gasteiger partial charge >= 0.3 is 0 Å². The van der Waals surface area contributed by atoms with Crippen LogP contribution in [0.5, 0.6) is 0 Å². The Bertz CT molecular complexity index is 548. The fourth-order valence-corrected chi connectivity index (χ4v) is 2.09. The molecule has 5 heteroatoms. The van der Waals surface area contributed by atoms with Crippen molar-refractivity contribution in [3.05, 3.63) is 41.3 Å². The van der Waals surface area contributed by atoms with E-state index in [9.17, 15) is 4.79 Å². The molecule has 0 unspecified atom stereocenters. The van der Waals surface area contributed by atoms with Crippen LogP contribution in [0.3, 0.4) is 0 Å². The highest BCUT2D eigenvalue weighted by atomic mass is 16.1. The lowest BCUT2D eigenvalue weighted by molar-refractivity contribution is 0.112. The Morgan fingerprint density at radius 3 is 2.67 bits per heavy atom. The molecule has 0 saturated heterocycles. The normalized spacial score (nSPS) is 10.4. The van der Waals surface area contributed by atoms with E-state index in [1.165, 1.54) is 0 Å². The highest BCUT2D eigenvalue weighted by molar-refractivity contribution is 5.84. The van der Waals surface area contributed by atoms with Crippen LogP contribution in [-0.4, -0.2) is 28.1 Å². The summed E-state index contributed by atoms with van der Waals surface area (Å²) >= 11 is 0. The SMILES string of the molecule is Cc1nn(C)c(N(C)Cc2ccncc2)c1C=O. The van der Waals surface area contributed by atoms with Crippen molar-refractivity contribution in [3.63, 3.8) is 0 Å². The Kier molecular flexibility index (Phi) is 3.41. The summed E-state index contributed by atoms with van der Waals surface area (Å²) in [6.45, 7) is 2.55. The highest BCUT2D eigenvalue weighted by Crippen LogP contribution is 2.21. The third kappa shape index (κ3) is 2.25. The van der Waals surface area contributed by atoms with Crippen LogP contribution in [-0.2, 0) is 13.6 Å². The molecular weight excluding hydrogens is 228 g/mol. The van der Waals surface area contributed by atoms with E-state index < -0.39 is 0 Å². The molecule has 0 bridgehead atoms. The van der Waals surface area contributed by atoms with E-state index in [4.69, 9.17) is 0 Å². The summed E-state index contributed by atoms with van der Waals surface area (Å²) < 4.78 is 1.74. The quantitative estimate of drug-likeness (QED) is 0.766. The second-order valence-electron chi connectivity index (χ2n) is 4.28. The number of aldehydes is 1. The molecule has 94 valence electrons. The van der Waals surface area contributed by atoms with Crippen molar-refractivity contribution in [3.8, 4) is 0 Å². The fraction of sp³-hybridized carbons (Fsp3) is 0.308. The van der Waals surface area contributed by atoms with Gasteiger partial charge in [0.15, 0.2) is 6.29 Å². The molecule has 0 aromatic carbocycles. The number of aromatic nitrogens is 3. The summed E-state index contributed by atoms with van der Waals surface area (Å²) in [7, 11) is 3.79. The molecule has 0 spiro atoms. The second kappa shape index (κ2) is 5.00. The first kappa shape index (κ1) is 12.3. The molecule has 0 fully saturated rings. The monoisotopic (exact) mass is 244 g/mol. The van der Waals surface area contributed by atoms with Gasteiger partial charge in [0.05, 0.1) is 11.3 Å². The number of pyridine rings is 1. The number of nitrogens with zero attached hydrogens (tertiary/aromatic N) is 4. The first-order valence-corrected chi connectivity index (χ1v) is 5.72. The van der Waals surface area contributed by atoms with Gasteiger partial charge in [-0.3, -0.25) is 14.5 Å². The number of carbonyl (C=O) groups excluding carboxylic acids is 1. The number of hydrogen-bond donors (Lipinski definition) is 0. The molecule has 2 aromatic heterocycles. The lowest BCUT2D eigenvalue weighted by Crippen LogP contribution is -2.20. The molecule has 0 amide bonds. The Hall–Kier alpha value is -2.17. The maximum absolute atomic E-state index is 11.1. The molecule has 0 N–H and O–H groups in total. The smallest absolute Gasteiger partial charge is 0.155 e. The van der Waals surface area contributed by atoms with Crippen LogP contribution < -0.4 is 4.90 Å². The molecule has 0 aliphatic heterocycles. The standard InChI is InChI=1S/C13H16N4O/c1-10-12(9-18)13(17(3)15-10)16(2)8-11-4-6-14-7-5-11/h4-7,9H,8H2,1-3H3. The first-order valence-electron chi connectivity index (χ1n) is 5.72. The van der Waals surface area contributed by atoms with Crippen molar-refractivity contribution >= 4 is 12.1 Å². The van der Waals surface area contributed by atoms with Gasteiger partial charge < -0.3 is 4.90 Å². The van der Waals surface area contributed by atoms with Gasteiger partial charge in [0, 0.05) is 33.0 Å². The Labute approximate surface area is 106 Å². The average Bonchev–Trinajstić information content (AvgIpc) is 2.64. The number of aryl methyl sites for hydroxylation is 2. The second-order valence-corrected chi connectivity index (χ2v) is 4.28. The largest absolute Gasteiger partial charge is 0.355 e. The molecule has 0 atom stereocenters. The van der Waals surface area contributed by atoms with Gasteiger partial charge in [-0.05, 0) is 24.6 Å². The summed E-state index contributed by atoms with van der Waals surface area (Å²) in [5.74, 6) is 0.833. The van der Waals surface area contributed by atoms with Gasteiger partial charge in [-0.15, -0.1) is 0 Å². The molecule has 2 aromatic rings. The van der Waals surface area contributed by atoms with Crippen molar-refractivity contribution in [1.29, 1.82) is 0 Å². The number of hydrogen-bond acceptors (Lipinski definition) is 4. The number of rotatable bonds is 4. The molecule has 5 nitrogen and oxygen atoms in total. The van der Waals surface area contributed by atoms with Crippen molar-refractivity contribution in [2.24, 2.45) is 7.05 Å². The van der Waals surface area contributed by atoms with E-state index in [-0.39, 0.29) is 0 Å². The predicted octanol–water partition coefficient (Wildman–Crippen LogP) is 1.57. The topological polar surface area (TPSA) is 51.0 Å². The average molecular weight is 244 g/mol. The maximum Gasteiger partial charge on any atom is 0.155 e. The molecule has 2 heterocycles. The summed E-state index contributed by atoms with van der Waals surface area (Å²) in [6.07, 6.45) is 4.39. The molecule has 0 radical (unpaired) electrons. The molecular formula is C13H16N4O. The zero-order valence-electron chi connectivity index (χ0n) is 10.8. The molecule has 18 heavy (non-hydrogen) atoms. The third-order valence-electron chi connectivity index (χ3n) is 2.89. The van der Waals surface area contributed by atoms with Crippen molar-refractivity contribution < 1.29 is 4.79 Å². The van der Waals surface area contributed by atoms with Crippen LogP contribution in [0.1, 0.15) is 21.6 Å². The van der Waals surface area contributed by atoms with Gasteiger partial charge in [-0.2, -0.15) is 5.10 Å². The summed E-state index contributed by atoms with van der Waals surface area (Å²) in [4.78, 5) is 17.1. The first-order chi connectivity index (χ1) is 8.63. The van der Waals surface area contributed by atoms with E-state index >= 15 is 0 Å². The Balaban J connectivity index is 2.29. The van der Waals surface area contributed by atoms with Gasteiger partial charge in [-0.1, -0.05) is 0 Å². The third-order valence-corrected chi connectivity index (χ3v) is 2.89. The van der Waals surface area contributed by atoms with Crippen LogP contribution in [0.2, 0.25) is 0 Å². The summed E-state index contributed by atoms with van der Waals surface area (Å²) in [6, 6.07) is 3.92. The van der Waals surface area contributed by atoms with E-state index in [2.05, 4.69) is 10.1 Å².